The lowest BCUT2D eigenvalue weighted by Gasteiger charge is -2.12. The van der Waals surface area contributed by atoms with Crippen LogP contribution in [0.4, 0.5) is 8.78 Å². The Morgan fingerprint density at radius 2 is 1.87 bits per heavy atom. The molecule has 0 bridgehead atoms. The average molecular weight is 231 g/mol. The summed E-state index contributed by atoms with van der Waals surface area (Å²) in [6, 6.07) is 2.80. The van der Waals surface area contributed by atoms with Gasteiger partial charge in [0, 0.05) is 0 Å². The minimum Gasteiger partial charge on any atom is -0.330 e. The maximum absolute atomic E-state index is 13.4. The molecule has 0 aliphatic carbocycles. The van der Waals surface area contributed by atoms with Crippen LogP contribution in [-0.2, 0) is 0 Å². The summed E-state index contributed by atoms with van der Waals surface area (Å²) in [7, 11) is 0. The van der Waals surface area contributed by atoms with Gasteiger partial charge in [-0.05, 0) is 42.8 Å². The summed E-state index contributed by atoms with van der Waals surface area (Å²) in [5.41, 5.74) is 6.08. The summed E-state index contributed by atoms with van der Waals surface area (Å²) in [6.45, 7) is 2.44. The molecule has 0 aliphatic heterocycles. The number of hydrogen-bond acceptors (Lipinski definition) is 2. The molecule has 1 unspecified atom stereocenters. The molecule has 0 saturated heterocycles. The largest absolute Gasteiger partial charge is 0.330 e. The summed E-state index contributed by atoms with van der Waals surface area (Å²) in [6.07, 6.45) is 2.39. The maximum Gasteiger partial charge on any atom is 0.140 e. The topological polar surface area (TPSA) is 26.0 Å². The molecule has 1 atom stereocenters. The van der Waals surface area contributed by atoms with Gasteiger partial charge in [0.25, 0.3) is 0 Å². The van der Waals surface area contributed by atoms with Crippen molar-refractivity contribution in [1.29, 1.82) is 0 Å². The highest BCUT2D eigenvalue weighted by atomic mass is 32.2. The lowest BCUT2D eigenvalue weighted by atomic mass is 9.98. The van der Waals surface area contributed by atoms with Gasteiger partial charge < -0.3 is 5.73 Å². The Morgan fingerprint density at radius 3 is 2.27 bits per heavy atom. The van der Waals surface area contributed by atoms with Crippen molar-refractivity contribution < 1.29 is 8.78 Å². The number of hydrogen-bond donors (Lipinski definition) is 1. The van der Waals surface area contributed by atoms with E-state index in [9.17, 15) is 8.78 Å². The molecule has 2 N–H and O–H groups in total. The first-order chi connectivity index (χ1) is 7.10. The molecule has 0 fully saturated rings. The second-order valence-corrected chi connectivity index (χ2v) is 4.31. The molecule has 0 aromatic heterocycles. The zero-order chi connectivity index (χ0) is 11.4. The standard InChI is InChI=1S/C11H15F2NS/c1-7(3-4-14)8-5-9(12)11(15-2)10(13)6-8/h5-7H,3-4,14H2,1-2H3. The van der Waals surface area contributed by atoms with E-state index in [-0.39, 0.29) is 10.8 Å². The molecule has 1 nitrogen and oxygen atoms in total. The van der Waals surface area contributed by atoms with Crippen molar-refractivity contribution in [2.24, 2.45) is 5.73 Å². The van der Waals surface area contributed by atoms with E-state index in [4.69, 9.17) is 5.73 Å². The van der Waals surface area contributed by atoms with Crippen LogP contribution in [0.25, 0.3) is 0 Å². The first-order valence-electron chi connectivity index (χ1n) is 4.83. The van der Waals surface area contributed by atoms with E-state index < -0.39 is 11.6 Å². The van der Waals surface area contributed by atoms with E-state index in [0.717, 1.165) is 18.2 Å². The van der Waals surface area contributed by atoms with Gasteiger partial charge in [0.15, 0.2) is 0 Å². The van der Waals surface area contributed by atoms with E-state index in [1.165, 1.54) is 12.1 Å². The molecule has 15 heavy (non-hydrogen) atoms. The number of halogens is 2. The van der Waals surface area contributed by atoms with E-state index >= 15 is 0 Å². The third-order valence-corrected chi connectivity index (χ3v) is 3.19. The predicted octanol–water partition coefficient (Wildman–Crippen LogP) is 3.14. The smallest absolute Gasteiger partial charge is 0.140 e. The van der Waals surface area contributed by atoms with Crippen molar-refractivity contribution in [3.63, 3.8) is 0 Å². The molecule has 0 radical (unpaired) electrons. The minimum absolute atomic E-state index is 0.0821. The van der Waals surface area contributed by atoms with E-state index in [1.54, 1.807) is 6.26 Å². The van der Waals surface area contributed by atoms with Crippen LogP contribution in [0.2, 0.25) is 0 Å². The summed E-state index contributed by atoms with van der Waals surface area (Å²) < 4.78 is 26.8. The molecule has 4 heteroatoms. The fraction of sp³-hybridized carbons (Fsp3) is 0.455. The van der Waals surface area contributed by atoms with Gasteiger partial charge in [-0.1, -0.05) is 6.92 Å². The highest BCUT2D eigenvalue weighted by Crippen LogP contribution is 2.28. The Hall–Kier alpha value is -0.610. The lowest BCUT2D eigenvalue weighted by molar-refractivity contribution is 0.532. The van der Waals surface area contributed by atoms with Crippen LogP contribution in [0, 0.1) is 11.6 Å². The second-order valence-electron chi connectivity index (χ2n) is 3.50. The van der Waals surface area contributed by atoms with Gasteiger partial charge in [0.05, 0.1) is 4.90 Å². The molecular formula is C11H15F2NS. The zero-order valence-electron chi connectivity index (χ0n) is 8.89. The van der Waals surface area contributed by atoms with E-state index in [2.05, 4.69) is 0 Å². The first kappa shape index (κ1) is 12.5. The summed E-state index contributed by atoms with van der Waals surface area (Å²) >= 11 is 1.08. The number of benzene rings is 1. The number of thioether (sulfide) groups is 1. The van der Waals surface area contributed by atoms with Crippen molar-refractivity contribution in [2.45, 2.75) is 24.2 Å². The van der Waals surface area contributed by atoms with Crippen LogP contribution in [0.1, 0.15) is 24.8 Å². The number of rotatable bonds is 4. The van der Waals surface area contributed by atoms with Crippen LogP contribution in [0.3, 0.4) is 0 Å². The van der Waals surface area contributed by atoms with E-state index in [0.29, 0.717) is 12.1 Å². The van der Waals surface area contributed by atoms with Crippen molar-refractivity contribution in [1.82, 2.24) is 0 Å². The van der Waals surface area contributed by atoms with Gasteiger partial charge >= 0.3 is 0 Å². The Morgan fingerprint density at radius 1 is 1.33 bits per heavy atom. The Kier molecular flexibility index (Phi) is 4.54. The van der Waals surface area contributed by atoms with Gasteiger partial charge in [-0.15, -0.1) is 11.8 Å². The van der Waals surface area contributed by atoms with Crippen LogP contribution in [0.5, 0.6) is 0 Å². The molecule has 0 spiro atoms. The minimum atomic E-state index is -0.485. The van der Waals surface area contributed by atoms with Gasteiger partial charge in [-0.2, -0.15) is 0 Å². The zero-order valence-corrected chi connectivity index (χ0v) is 9.70. The fourth-order valence-electron chi connectivity index (χ4n) is 1.48. The SMILES string of the molecule is CSc1c(F)cc(C(C)CCN)cc1F. The van der Waals surface area contributed by atoms with Crippen molar-refractivity contribution >= 4 is 11.8 Å². The molecule has 0 aliphatic rings. The Balaban J connectivity index is 3.02. The highest BCUT2D eigenvalue weighted by Gasteiger charge is 2.13. The van der Waals surface area contributed by atoms with Crippen LogP contribution in [-0.4, -0.2) is 12.8 Å². The highest BCUT2D eigenvalue weighted by molar-refractivity contribution is 7.98. The monoisotopic (exact) mass is 231 g/mol. The van der Waals surface area contributed by atoms with Crippen LogP contribution < -0.4 is 5.73 Å². The fourth-order valence-corrected chi connectivity index (χ4v) is 1.98. The lowest BCUT2D eigenvalue weighted by Crippen LogP contribution is -2.05. The predicted molar refractivity (Wildman–Crippen MR) is 60.2 cm³/mol. The normalized spacial score (nSPS) is 12.9. The molecule has 84 valence electrons. The van der Waals surface area contributed by atoms with Crippen molar-refractivity contribution in [3.8, 4) is 0 Å². The third kappa shape index (κ3) is 2.92. The molecule has 0 saturated carbocycles. The molecule has 0 heterocycles. The van der Waals surface area contributed by atoms with Gasteiger partial charge in [0.2, 0.25) is 0 Å². The summed E-state index contributed by atoms with van der Waals surface area (Å²) in [5.74, 6) is -0.877. The van der Waals surface area contributed by atoms with Crippen molar-refractivity contribution in [2.75, 3.05) is 12.8 Å². The maximum atomic E-state index is 13.4. The average Bonchev–Trinajstić information content (AvgIpc) is 2.17. The van der Waals surface area contributed by atoms with Gasteiger partial charge in [-0.25, -0.2) is 8.78 Å². The van der Waals surface area contributed by atoms with E-state index in [1.807, 2.05) is 6.92 Å². The van der Waals surface area contributed by atoms with Crippen LogP contribution in [0.15, 0.2) is 17.0 Å². The second kappa shape index (κ2) is 5.47. The third-order valence-electron chi connectivity index (χ3n) is 2.39. The van der Waals surface area contributed by atoms with Crippen molar-refractivity contribution in [3.05, 3.63) is 29.3 Å². The number of nitrogens with two attached hydrogens (primary N) is 1. The quantitative estimate of drug-likeness (QED) is 0.806. The molecule has 1 aromatic rings. The van der Waals surface area contributed by atoms with Crippen LogP contribution >= 0.6 is 11.8 Å². The Bertz CT molecular complexity index is 318. The Labute approximate surface area is 93.1 Å². The summed E-state index contributed by atoms with van der Waals surface area (Å²) in [4.78, 5) is 0.0821. The molecule has 1 aromatic carbocycles. The van der Waals surface area contributed by atoms with Gasteiger partial charge in [-0.3, -0.25) is 0 Å². The summed E-state index contributed by atoms with van der Waals surface area (Å²) in [5, 5.41) is 0. The molecule has 1 rings (SSSR count). The molecular weight excluding hydrogens is 216 g/mol. The molecule has 0 amide bonds. The van der Waals surface area contributed by atoms with Gasteiger partial charge in [0.1, 0.15) is 11.6 Å². The first-order valence-corrected chi connectivity index (χ1v) is 6.05.